The zero-order chi connectivity index (χ0) is 85.4. The number of fused-ring (bicyclic) bond motifs is 19. The summed E-state index contributed by atoms with van der Waals surface area (Å²) in [6, 6.07) is 158. The lowest BCUT2D eigenvalue weighted by Crippen LogP contribution is -2.07. The minimum Gasteiger partial charge on any atom is -0.307 e. The van der Waals surface area contributed by atoms with Crippen LogP contribution in [0.3, 0.4) is 0 Å². The number of hydrogen-bond donors (Lipinski definition) is 0. The maximum absolute atomic E-state index is 5.49. The molecule has 0 unspecified atom stereocenters. The quantitative estimate of drug-likeness (QED) is 0.101. The van der Waals surface area contributed by atoms with Gasteiger partial charge in [0, 0.05) is 101 Å². The van der Waals surface area contributed by atoms with Gasteiger partial charge in [-0.2, -0.15) is 9.97 Å². The van der Waals surface area contributed by atoms with Gasteiger partial charge in [-0.1, -0.05) is 376 Å². The van der Waals surface area contributed by atoms with Crippen LogP contribution in [-0.2, 0) is 0 Å². The van der Waals surface area contributed by atoms with Gasteiger partial charge in [-0.15, -0.1) is 22.7 Å². The van der Waals surface area contributed by atoms with Gasteiger partial charge < -0.3 is 4.57 Å². The first-order valence-electron chi connectivity index (χ1n) is 43.9. The van der Waals surface area contributed by atoms with Crippen LogP contribution >= 0.6 is 22.7 Å². The number of benzene rings is 20. The molecule has 26 rings (SSSR count). The summed E-state index contributed by atoms with van der Waals surface area (Å²) in [6.07, 6.45) is 0. The molecule has 6 aromatic heterocycles. The first-order valence-corrected chi connectivity index (χ1v) is 45.6. The molecule has 0 atom stereocenters. The standard InChI is InChI=1S/C120H72N8S2/c1-6-26-73(27-7-1)74-50-58-78(59-51-74)102-71-87(72-105-100-45-23-44-91(112(100)130-114(102)105)85-34-22-35-86(68-85)119-122-115(79-28-8-2-9-29-79)121-116(123-119)80-30-10-3-11-31-80)89-42-25-49-108-109(89)101-46-24-43-90(113(101)129-108)77-56-52-75(53-57-77)83-62-64-94-95-65-63-84(70-104(95)93-39-17-16-38-92(93)103(94)69-83)76-54-60-82(61-55-76)118-124-117(81-32-12-4-13-33-81)125-120(126-118)128-107-48-21-19-41-97(107)99-67-66-98-96-40-18-20-47-106(96)127(110(98)111(99)128)88-36-14-5-15-37-88/h1-72H. The molecule has 10 heteroatoms. The summed E-state index contributed by atoms with van der Waals surface area (Å²) >= 11 is 3.76. The first-order chi connectivity index (χ1) is 64.4. The van der Waals surface area contributed by atoms with Gasteiger partial charge in [-0.05, 0) is 165 Å². The van der Waals surface area contributed by atoms with Gasteiger partial charge in [-0.25, -0.2) is 19.9 Å². The highest BCUT2D eigenvalue weighted by atomic mass is 32.1. The van der Waals surface area contributed by atoms with Crippen LogP contribution in [0.2, 0.25) is 0 Å². The van der Waals surface area contributed by atoms with Crippen molar-refractivity contribution < 1.29 is 0 Å². The van der Waals surface area contributed by atoms with E-state index in [9.17, 15) is 0 Å². The molecular weight excluding hydrogens is 1620 g/mol. The van der Waals surface area contributed by atoms with Crippen molar-refractivity contribution in [1.82, 2.24) is 39.0 Å². The third kappa shape index (κ3) is 12.5. The van der Waals surface area contributed by atoms with Crippen molar-refractivity contribution in [2.24, 2.45) is 0 Å². The minimum absolute atomic E-state index is 0.546. The smallest absolute Gasteiger partial charge is 0.238 e. The molecule has 0 saturated carbocycles. The highest BCUT2D eigenvalue weighted by Gasteiger charge is 2.27. The Morgan fingerprint density at radius 3 is 1.08 bits per heavy atom. The lowest BCUT2D eigenvalue weighted by molar-refractivity contribution is 0.953. The molecule has 20 aromatic carbocycles. The van der Waals surface area contributed by atoms with Crippen LogP contribution in [0.4, 0.5) is 0 Å². The summed E-state index contributed by atoms with van der Waals surface area (Å²) in [5.74, 6) is 3.62. The second-order valence-corrected chi connectivity index (χ2v) is 35.6. The molecule has 0 aliphatic heterocycles. The van der Waals surface area contributed by atoms with Gasteiger partial charge in [0.1, 0.15) is 0 Å². The predicted molar refractivity (Wildman–Crippen MR) is 545 cm³/mol. The summed E-state index contributed by atoms with van der Waals surface area (Å²) < 4.78 is 9.65. The van der Waals surface area contributed by atoms with E-state index in [1.165, 1.54) is 128 Å². The second-order valence-electron chi connectivity index (χ2n) is 33.5. The molecule has 0 bridgehead atoms. The Hall–Kier alpha value is -16.8. The molecule has 0 spiro atoms. The Morgan fingerprint density at radius 1 is 0.169 bits per heavy atom. The van der Waals surface area contributed by atoms with Crippen LogP contribution in [0.5, 0.6) is 0 Å². The lowest BCUT2D eigenvalue weighted by atomic mass is 9.90. The molecule has 6 heterocycles. The molecule has 604 valence electrons. The lowest BCUT2D eigenvalue weighted by Gasteiger charge is -2.14. The van der Waals surface area contributed by atoms with Crippen molar-refractivity contribution in [2.45, 2.75) is 0 Å². The Kier molecular flexibility index (Phi) is 17.5. The van der Waals surface area contributed by atoms with E-state index in [1.807, 2.05) is 77.3 Å². The molecular formula is C120H72N8S2. The Balaban J connectivity index is 0.531. The fraction of sp³-hybridized carbons (Fsp3) is 0. The van der Waals surface area contributed by atoms with Crippen LogP contribution in [0.15, 0.2) is 437 Å². The van der Waals surface area contributed by atoms with Crippen LogP contribution < -0.4 is 0 Å². The Labute approximate surface area is 755 Å². The fourth-order valence-corrected chi connectivity index (χ4v) is 22.5. The van der Waals surface area contributed by atoms with Gasteiger partial charge in [0.25, 0.3) is 0 Å². The Bertz CT molecular complexity index is 8980. The van der Waals surface area contributed by atoms with Crippen molar-refractivity contribution in [2.75, 3.05) is 0 Å². The summed E-state index contributed by atoms with van der Waals surface area (Å²) in [6.45, 7) is 0. The van der Waals surface area contributed by atoms with Crippen LogP contribution in [0.1, 0.15) is 0 Å². The van der Waals surface area contributed by atoms with E-state index in [2.05, 4.69) is 391 Å². The zero-order valence-electron chi connectivity index (χ0n) is 70.0. The maximum atomic E-state index is 5.49. The van der Waals surface area contributed by atoms with Crippen molar-refractivity contribution >= 4 is 139 Å². The molecule has 0 aliphatic rings. The number of para-hydroxylation sites is 3. The van der Waals surface area contributed by atoms with E-state index in [-0.39, 0.29) is 0 Å². The number of hydrogen-bond acceptors (Lipinski definition) is 8. The van der Waals surface area contributed by atoms with Gasteiger partial charge in [0.05, 0.1) is 22.1 Å². The molecule has 0 radical (unpaired) electrons. The molecule has 0 saturated heterocycles. The highest BCUT2D eigenvalue weighted by molar-refractivity contribution is 7.27. The number of thiophene rings is 2. The summed E-state index contributed by atoms with van der Waals surface area (Å²) in [7, 11) is 0. The van der Waals surface area contributed by atoms with E-state index in [0.717, 1.165) is 99.5 Å². The van der Waals surface area contributed by atoms with Crippen molar-refractivity contribution in [3.63, 3.8) is 0 Å². The highest BCUT2D eigenvalue weighted by Crippen LogP contribution is 2.52. The van der Waals surface area contributed by atoms with Crippen molar-refractivity contribution in [3.8, 4) is 146 Å². The van der Waals surface area contributed by atoms with Crippen LogP contribution in [0, 0.1) is 0 Å². The second kappa shape index (κ2) is 30.5. The molecule has 0 N–H and O–H groups in total. The molecule has 0 aliphatic carbocycles. The average Bonchev–Trinajstić information content (AvgIpc) is 1.53. The van der Waals surface area contributed by atoms with E-state index >= 15 is 0 Å². The minimum atomic E-state index is 0.546. The Morgan fingerprint density at radius 2 is 0.515 bits per heavy atom. The van der Waals surface area contributed by atoms with E-state index in [1.54, 1.807) is 0 Å². The largest absolute Gasteiger partial charge is 0.307 e. The number of nitrogens with zero attached hydrogens (tertiary/aromatic N) is 8. The molecule has 8 nitrogen and oxygen atoms in total. The van der Waals surface area contributed by atoms with E-state index in [4.69, 9.17) is 29.9 Å². The van der Waals surface area contributed by atoms with Gasteiger partial charge in [-0.3, -0.25) is 4.57 Å². The normalized spacial score (nSPS) is 11.8. The van der Waals surface area contributed by atoms with Gasteiger partial charge >= 0.3 is 0 Å². The molecule has 0 fully saturated rings. The number of aromatic nitrogens is 8. The monoisotopic (exact) mass is 1690 g/mol. The average molecular weight is 1690 g/mol. The first kappa shape index (κ1) is 74.6. The van der Waals surface area contributed by atoms with Crippen LogP contribution in [-0.4, -0.2) is 39.0 Å². The van der Waals surface area contributed by atoms with Crippen molar-refractivity contribution in [1.29, 1.82) is 0 Å². The fourth-order valence-electron chi connectivity index (χ4n) is 19.9. The SMILES string of the molecule is c1ccc(-c2ccc(-c3cc(-c4cccc5sc6c(-c7ccc(-c8ccc9c%10ccc(-c%11ccc(-c%12nc(-c%13ccccc%13)nc(-n%13c%14ccccc%14c%14ccc%15c%16ccccc%16n(-c%16ccccc%16)c%15c%14%13)n%12)cc%11)cc%10c%10ccccc%10c9c8)cc7)cccc6c45)cc4c3sc3c(-c5cccc(-c6nc(-c7ccccc7)nc(-c7ccccc7)n6)c5)cccc34)cc2)cc1. The molecule has 0 amide bonds. The van der Waals surface area contributed by atoms with Crippen LogP contribution in [0.25, 0.3) is 263 Å². The molecule has 130 heavy (non-hydrogen) atoms. The van der Waals surface area contributed by atoms with E-state index in [0.29, 0.717) is 35.1 Å². The van der Waals surface area contributed by atoms with Gasteiger partial charge in [0.15, 0.2) is 29.1 Å². The topological polar surface area (TPSA) is 87.2 Å². The van der Waals surface area contributed by atoms with E-state index < -0.39 is 0 Å². The molecule has 26 aromatic rings. The number of rotatable bonds is 14. The third-order valence-corrected chi connectivity index (χ3v) is 28.5. The summed E-state index contributed by atoms with van der Waals surface area (Å²) in [5, 5.41) is 16.8. The predicted octanol–water partition coefficient (Wildman–Crippen LogP) is 32.5. The van der Waals surface area contributed by atoms with Gasteiger partial charge in [0.2, 0.25) is 5.95 Å². The third-order valence-electron chi connectivity index (χ3n) is 26.0. The summed E-state index contributed by atoms with van der Waals surface area (Å²) in [5.41, 5.74) is 26.3. The maximum Gasteiger partial charge on any atom is 0.238 e. The zero-order valence-corrected chi connectivity index (χ0v) is 71.6. The van der Waals surface area contributed by atoms with Crippen molar-refractivity contribution in [3.05, 3.63) is 437 Å². The summed E-state index contributed by atoms with van der Waals surface area (Å²) in [4.78, 5) is 31.5.